The Labute approximate surface area is 112 Å². The predicted molar refractivity (Wildman–Crippen MR) is 71.4 cm³/mol. The van der Waals surface area contributed by atoms with Gasteiger partial charge in [-0.05, 0) is 18.6 Å². The van der Waals surface area contributed by atoms with Gasteiger partial charge in [0.15, 0.2) is 9.84 Å². The first kappa shape index (κ1) is 13.7. The van der Waals surface area contributed by atoms with Crippen LogP contribution in [0.15, 0.2) is 41.8 Å². The highest BCUT2D eigenvalue weighted by atomic mass is 32.2. The Balaban J connectivity index is 2.44. The minimum Gasteiger partial charge on any atom is -0.326 e. The minimum absolute atomic E-state index is 0.182. The van der Waals surface area contributed by atoms with E-state index in [1.807, 2.05) is 19.1 Å². The number of rotatable bonds is 4. The molecule has 2 aromatic heterocycles. The lowest BCUT2D eigenvalue weighted by molar-refractivity contribution is 0.452. The first-order valence-electron chi connectivity index (χ1n) is 5.79. The minimum atomic E-state index is -3.26. The SMILES string of the molecule is CC(N)C(c1cccnc1)n1cc(S(C)(=O)=O)cn1. The van der Waals surface area contributed by atoms with E-state index in [-0.39, 0.29) is 17.0 Å². The second-order valence-corrected chi connectivity index (χ2v) is 6.53. The number of hydrogen-bond donors (Lipinski definition) is 1. The number of sulfone groups is 1. The van der Waals surface area contributed by atoms with Gasteiger partial charge in [0, 0.05) is 30.9 Å². The van der Waals surface area contributed by atoms with Crippen molar-refractivity contribution in [3.63, 3.8) is 0 Å². The third-order valence-corrected chi connectivity index (χ3v) is 3.88. The maximum absolute atomic E-state index is 11.5. The summed E-state index contributed by atoms with van der Waals surface area (Å²) in [6.07, 6.45) is 7.36. The molecular formula is C12H16N4O2S. The summed E-state index contributed by atoms with van der Waals surface area (Å²) in [5.74, 6) is 0. The highest BCUT2D eigenvalue weighted by Gasteiger charge is 2.21. The summed E-state index contributed by atoms with van der Waals surface area (Å²) in [5, 5.41) is 4.11. The zero-order valence-electron chi connectivity index (χ0n) is 10.8. The second kappa shape index (κ2) is 5.10. The van der Waals surface area contributed by atoms with Crippen LogP contribution in [-0.2, 0) is 9.84 Å². The van der Waals surface area contributed by atoms with Crippen LogP contribution in [0.3, 0.4) is 0 Å². The molecule has 2 atom stereocenters. The van der Waals surface area contributed by atoms with Crippen LogP contribution in [0.5, 0.6) is 0 Å². The molecule has 2 heterocycles. The molecule has 0 radical (unpaired) electrons. The van der Waals surface area contributed by atoms with Crippen LogP contribution in [0.4, 0.5) is 0 Å². The van der Waals surface area contributed by atoms with Gasteiger partial charge in [-0.1, -0.05) is 6.07 Å². The van der Waals surface area contributed by atoms with Crippen molar-refractivity contribution in [2.24, 2.45) is 5.73 Å². The molecule has 0 amide bonds. The van der Waals surface area contributed by atoms with Gasteiger partial charge in [0.1, 0.15) is 4.90 Å². The molecule has 0 aliphatic rings. The first-order valence-corrected chi connectivity index (χ1v) is 7.68. The Bertz CT molecular complexity index is 649. The Morgan fingerprint density at radius 2 is 2.11 bits per heavy atom. The van der Waals surface area contributed by atoms with Crippen molar-refractivity contribution in [3.8, 4) is 0 Å². The standard InChI is InChI=1S/C12H16N4O2S/c1-9(13)12(10-4-3-5-14-6-10)16-8-11(7-15-16)19(2,17)18/h3-9,12H,13H2,1-2H3. The Hall–Kier alpha value is -1.73. The van der Waals surface area contributed by atoms with Gasteiger partial charge in [-0.2, -0.15) is 5.10 Å². The number of nitrogens with two attached hydrogens (primary N) is 1. The smallest absolute Gasteiger partial charge is 0.178 e. The molecule has 6 nitrogen and oxygen atoms in total. The molecule has 0 bridgehead atoms. The fourth-order valence-corrected chi connectivity index (χ4v) is 2.45. The van der Waals surface area contributed by atoms with Crippen LogP contribution < -0.4 is 5.73 Å². The highest BCUT2D eigenvalue weighted by molar-refractivity contribution is 7.90. The van der Waals surface area contributed by atoms with Crippen LogP contribution >= 0.6 is 0 Å². The van der Waals surface area contributed by atoms with Crippen molar-refractivity contribution in [1.29, 1.82) is 0 Å². The van der Waals surface area contributed by atoms with E-state index in [0.717, 1.165) is 11.8 Å². The lowest BCUT2D eigenvalue weighted by atomic mass is 10.0. The zero-order valence-corrected chi connectivity index (χ0v) is 11.6. The summed E-state index contributed by atoms with van der Waals surface area (Å²) in [6.45, 7) is 1.85. The van der Waals surface area contributed by atoms with Gasteiger partial charge >= 0.3 is 0 Å². The Morgan fingerprint density at radius 1 is 1.37 bits per heavy atom. The molecule has 7 heteroatoms. The third-order valence-electron chi connectivity index (χ3n) is 2.81. The highest BCUT2D eigenvalue weighted by Crippen LogP contribution is 2.21. The first-order chi connectivity index (χ1) is 8.89. The number of hydrogen-bond acceptors (Lipinski definition) is 5. The lowest BCUT2D eigenvalue weighted by Gasteiger charge is -2.21. The molecule has 0 saturated carbocycles. The molecule has 0 aromatic carbocycles. The Morgan fingerprint density at radius 3 is 2.58 bits per heavy atom. The summed E-state index contributed by atoms with van der Waals surface area (Å²) >= 11 is 0. The van der Waals surface area contributed by atoms with Gasteiger partial charge < -0.3 is 5.73 Å². The van der Waals surface area contributed by atoms with E-state index in [1.54, 1.807) is 17.1 Å². The van der Waals surface area contributed by atoms with Gasteiger partial charge in [0.2, 0.25) is 0 Å². The normalized spacial score (nSPS) is 15.1. The quantitative estimate of drug-likeness (QED) is 0.886. The van der Waals surface area contributed by atoms with Crippen LogP contribution in [0, 0.1) is 0 Å². The van der Waals surface area contributed by atoms with Crippen LogP contribution in [0.1, 0.15) is 18.5 Å². The van der Waals surface area contributed by atoms with Gasteiger partial charge in [-0.15, -0.1) is 0 Å². The van der Waals surface area contributed by atoms with E-state index in [1.165, 1.54) is 12.4 Å². The van der Waals surface area contributed by atoms with Crippen LogP contribution in [-0.4, -0.2) is 35.5 Å². The predicted octanol–water partition coefficient (Wildman–Crippen LogP) is 0.618. The molecule has 2 unspecified atom stereocenters. The molecule has 2 rings (SSSR count). The van der Waals surface area contributed by atoms with Crippen molar-refractivity contribution >= 4 is 9.84 Å². The van der Waals surface area contributed by atoms with E-state index in [2.05, 4.69) is 10.1 Å². The molecular weight excluding hydrogens is 264 g/mol. The Kier molecular flexibility index (Phi) is 3.68. The van der Waals surface area contributed by atoms with E-state index < -0.39 is 9.84 Å². The molecule has 2 aromatic rings. The molecule has 2 N–H and O–H groups in total. The van der Waals surface area contributed by atoms with Gasteiger partial charge in [0.25, 0.3) is 0 Å². The van der Waals surface area contributed by atoms with Gasteiger partial charge in [-0.25, -0.2) is 8.42 Å². The average molecular weight is 280 g/mol. The number of pyridine rings is 1. The number of aromatic nitrogens is 3. The monoisotopic (exact) mass is 280 g/mol. The van der Waals surface area contributed by atoms with Gasteiger partial charge in [0.05, 0.1) is 12.2 Å². The lowest BCUT2D eigenvalue weighted by Crippen LogP contribution is -2.30. The summed E-state index contributed by atoms with van der Waals surface area (Å²) in [5.41, 5.74) is 6.87. The maximum Gasteiger partial charge on any atom is 0.178 e. The molecule has 0 fully saturated rings. The molecule has 0 spiro atoms. The third kappa shape index (κ3) is 2.99. The van der Waals surface area contributed by atoms with Gasteiger partial charge in [-0.3, -0.25) is 9.67 Å². The van der Waals surface area contributed by atoms with E-state index in [4.69, 9.17) is 5.73 Å². The molecule has 19 heavy (non-hydrogen) atoms. The van der Waals surface area contributed by atoms with Crippen LogP contribution in [0.25, 0.3) is 0 Å². The fraction of sp³-hybridized carbons (Fsp3) is 0.333. The maximum atomic E-state index is 11.5. The average Bonchev–Trinajstić information content (AvgIpc) is 2.79. The molecule has 0 aliphatic heterocycles. The van der Waals surface area contributed by atoms with Crippen LogP contribution in [0.2, 0.25) is 0 Å². The summed E-state index contributed by atoms with van der Waals surface area (Å²) in [6, 6.07) is 3.23. The summed E-state index contributed by atoms with van der Waals surface area (Å²) < 4.78 is 24.5. The van der Waals surface area contributed by atoms with E-state index in [0.29, 0.717) is 0 Å². The van der Waals surface area contributed by atoms with Crippen molar-refractivity contribution in [2.75, 3.05) is 6.26 Å². The molecule has 0 saturated heterocycles. The van der Waals surface area contributed by atoms with Crippen molar-refractivity contribution in [2.45, 2.75) is 23.9 Å². The number of nitrogens with zero attached hydrogens (tertiary/aromatic N) is 3. The van der Waals surface area contributed by atoms with Crippen molar-refractivity contribution in [3.05, 3.63) is 42.5 Å². The van der Waals surface area contributed by atoms with Crippen molar-refractivity contribution in [1.82, 2.24) is 14.8 Å². The van der Waals surface area contributed by atoms with Crippen molar-refractivity contribution < 1.29 is 8.42 Å². The van der Waals surface area contributed by atoms with E-state index in [9.17, 15) is 8.42 Å². The topological polar surface area (TPSA) is 90.9 Å². The summed E-state index contributed by atoms with van der Waals surface area (Å²) in [4.78, 5) is 4.24. The summed E-state index contributed by atoms with van der Waals surface area (Å²) in [7, 11) is -3.26. The molecule has 0 aliphatic carbocycles. The largest absolute Gasteiger partial charge is 0.326 e. The zero-order chi connectivity index (χ0) is 14.0. The fourth-order valence-electron chi connectivity index (χ4n) is 1.91. The second-order valence-electron chi connectivity index (χ2n) is 4.52. The van der Waals surface area contributed by atoms with E-state index >= 15 is 0 Å². The molecule has 102 valence electrons.